The minimum absolute atomic E-state index is 0.133. The van der Waals surface area contributed by atoms with Crippen molar-refractivity contribution in [2.24, 2.45) is 11.3 Å². The highest BCUT2D eigenvalue weighted by Crippen LogP contribution is 2.30. The summed E-state index contributed by atoms with van der Waals surface area (Å²) < 4.78 is 0. The molecule has 21 heavy (non-hydrogen) atoms. The smallest absolute Gasteiger partial charge is 0.323 e. The monoisotopic (exact) mass is 296 g/mol. The second-order valence-corrected chi connectivity index (χ2v) is 7.13. The van der Waals surface area contributed by atoms with Gasteiger partial charge in [-0.25, -0.2) is 4.79 Å². The summed E-state index contributed by atoms with van der Waals surface area (Å²) in [4.78, 5) is 26.6. The van der Waals surface area contributed by atoms with Gasteiger partial charge in [0.2, 0.25) is 0 Å². The van der Waals surface area contributed by atoms with Crippen LogP contribution < -0.4 is 0 Å². The van der Waals surface area contributed by atoms with Crippen molar-refractivity contribution in [3.63, 3.8) is 0 Å². The van der Waals surface area contributed by atoms with Crippen molar-refractivity contribution in [3.8, 4) is 0 Å². The van der Waals surface area contributed by atoms with Gasteiger partial charge >= 0.3 is 12.0 Å². The van der Waals surface area contributed by atoms with Gasteiger partial charge in [-0.15, -0.1) is 0 Å². The predicted molar refractivity (Wildman–Crippen MR) is 83.2 cm³/mol. The fourth-order valence-electron chi connectivity index (χ4n) is 2.54. The lowest BCUT2D eigenvalue weighted by molar-refractivity contribution is -0.137. The zero-order chi connectivity index (χ0) is 16.2. The van der Waals surface area contributed by atoms with E-state index in [9.17, 15) is 9.59 Å². The van der Waals surface area contributed by atoms with Gasteiger partial charge in [0.15, 0.2) is 0 Å². The fraction of sp³-hybridized carbons (Fsp3) is 0.750. The van der Waals surface area contributed by atoms with E-state index < -0.39 is 5.97 Å². The average Bonchev–Trinajstić information content (AvgIpc) is 2.35. The Hall–Kier alpha value is -1.52. The first-order chi connectivity index (χ1) is 9.61. The Morgan fingerprint density at radius 3 is 2.38 bits per heavy atom. The van der Waals surface area contributed by atoms with Crippen LogP contribution in [0, 0.1) is 11.3 Å². The minimum Gasteiger partial charge on any atom is -0.480 e. The molecular formula is C16H28N2O3. The lowest BCUT2D eigenvalue weighted by Gasteiger charge is -2.35. The summed E-state index contributed by atoms with van der Waals surface area (Å²) in [5.74, 6) is -0.717. The molecule has 0 aliphatic carbocycles. The molecule has 120 valence electrons. The molecule has 1 aliphatic heterocycles. The van der Waals surface area contributed by atoms with Gasteiger partial charge in [-0.05, 0) is 17.8 Å². The second kappa shape index (κ2) is 6.96. The van der Waals surface area contributed by atoms with Gasteiger partial charge in [-0.1, -0.05) is 46.3 Å². The summed E-state index contributed by atoms with van der Waals surface area (Å²) in [5.41, 5.74) is 1.49. The van der Waals surface area contributed by atoms with E-state index >= 15 is 0 Å². The largest absolute Gasteiger partial charge is 0.480 e. The molecule has 0 spiro atoms. The predicted octanol–water partition coefficient (Wildman–Crippen LogP) is 2.83. The summed E-state index contributed by atoms with van der Waals surface area (Å²) in [6.07, 6.45) is 2.97. The maximum atomic E-state index is 12.5. The zero-order valence-corrected chi connectivity index (χ0v) is 13.8. The number of hydrogen-bond acceptors (Lipinski definition) is 2. The van der Waals surface area contributed by atoms with Crippen LogP contribution in [0.3, 0.4) is 0 Å². The Balaban J connectivity index is 2.73. The van der Waals surface area contributed by atoms with Crippen molar-refractivity contribution >= 4 is 12.0 Å². The zero-order valence-electron chi connectivity index (χ0n) is 13.8. The number of amides is 2. The first kappa shape index (κ1) is 17.5. The number of nitrogens with zero attached hydrogens (tertiary/aromatic N) is 2. The van der Waals surface area contributed by atoms with Crippen LogP contribution >= 0.6 is 0 Å². The fourth-order valence-corrected chi connectivity index (χ4v) is 2.54. The van der Waals surface area contributed by atoms with Gasteiger partial charge in [-0.2, -0.15) is 0 Å². The van der Waals surface area contributed by atoms with Crippen LogP contribution in [-0.2, 0) is 4.79 Å². The first-order valence-corrected chi connectivity index (χ1v) is 7.56. The lowest BCUT2D eigenvalue weighted by atomic mass is 9.83. The molecule has 1 N–H and O–H groups in total. The van der Waals surface area contributed by atoms with Gasteiger partial charge < -0.3 is 14.9 Å². The topological polar surface area (TPSA) is 60.9 Å². The van der Waals surface area contributed by atoms with Crippen LogP contribution in [0.4, 0.5) is 4.79 Å². The van der Waals surface area contributed by atoms with Crippen molar-refractivity contribution in [1.82, 2.24) is 9.80 Å². The molecule has 5 heteroatoms. The Labute approximate surface area is 127 Å². The van der Waals surface area contributed by atoms with Crippen LogP contribution in [0.1, 0.15) is 41.0 Å². The third-order valence-electron chi connectivity index (χ3n) is 3.63. The molecule has 2 amide bonds. The molecule has 0 radical (unpaired) electrons. The maximum Gasteiger partial charge on any atom is 0.323 e. The van der Waals surface area contributed by atoms with Gasteiger partial charge in [0.05, 0.1) is 0 Å². The molecule has 0 aromatic carbocycles. The normalized spacial score (nSPS) is 15.9. The molecule has 0 fully saturated rings. The van der Waals surface area contributed by atoms with Crippen LogP contribution in [0.2, 0.25) is 0 Å². The number of hydrogen-bond donors (Lipinski definition) is 1. The standard InChI is InChI=1S/C16H28N2O3/c1-12(2)10-18(11-14(19)20)15(21)17-8-6-13(7-9-17)16(3,4)5/h6,12H,7-11H2,1-5H3,(H,19,20). The number of urea groups is 1. The third kappa shape index (κ3) is 5.40. The van der Waals surface area contributed by atoms with Crippen molar-refractivity contribution < 1.29 is 14.7 Å². The molecule has 1 aliphatic rings. The minimum atomic E-state index is -0.966. The number of carboxylic acid groups (broad SMARTS) is 1. The van der Waals surface area contributed by atoms with E-state index in [0.717, 1.165) is 6.42 Å². The Morgan fingerprint density at radius 2 is 2.00 bits per heavy atom. The quantitative estimate of drug-likeness (QED) is 0.811. The van der Waals surface area contributed by atoms with E-state index in [4.69, 9.17) is 5.11 Å². The third-order valence-corrected chi connectivity index (χ3v) is 3.63. The van der Waals surface area contributed by atoms with Gasteiger partial charge in [0, 0.05) is 19.6 Å². The molecule has 0 bridgehead atoms. The number of carbonyl (C=O) groups is 2. The first-order valence-electron chi connectivity index (χ1n) is 7.56. The van der Waals surface area contributed by atoms with Crippen LogP contribution in [0.5, 0.6) is 0 Å². The van der Waals surface area contributed by atoms with E-state index in [1.54, 1.807) is 4.90 Å². The Bertz CT molecular complexity index is 422. The number of aliphatic carboxylic acids is 1. The second-order valence-electron chi connectivity index (χ2n) is 7.13. The molecule has 0 unspecified atom stereocenters. The van der Waals surface area contributed by atoms with Crippen molar-refractivity contribution in [3.05, 3.63) is 11.6 Å². The van der Waals surface area contributed by atoms with Crippen molar-refractivity contribution in [2.45, 2.75) is 41.0 Å². The van der Waals surface area contributed by atoms with E-state index in [2.05, 4.69) is 26.8 Å². The highest BCUT2D eigenvalue weighted by Gasteiger charge is 2.27. The van der Waals surface area contributed by atoms with Gasteiger partial charge in [-0.3, -0.25) is 4.79 Å². The number of carboxylic acids is 1. The molecule has 1 rings (SSSR count). The molecule has 5 nitrogen and oxygen atoms in total. The van der Waals surface area contributed by atoms with E-state index in [0.29, 0.717) is 19.6 Å². The number of carbonyl (C=O) groups excluding carboxylic acids is 1. The molecule has 0 saturated heterocycles. The molecule has 1 heterocycles. The SMILES string of the molecule is CC(C)CN(CC(=O)O)C(=O)N1CC=C(C(C)(C)C)CC1. The summed E-state index contributed by atoms with van der Waals surface area (Å²) in [6.45, 7) is 12.0. The molecule has 0 saturated carbocycles. The van der Waals surface area contributed by atoms with Gasteiger partial charge in [0.1, 0.15) is 6.54 Å². The van der Waals surface area contributed by atoms with Gasteiger partial charge in [0.25, 0.3) is 0 Å². The Kier molecular flexibility index (Phi) is 5.81. The molecule has 0 aromatic rings. The van der Waals surface area contributed by atoms with E-state index in [1.165, 1.54) is 10.5 Å². The summed E-state index contributed by atoms with van der Waals surface area (Å²) >= 11 is 0. The summed E-state index contributed by atoms with van der Waals surface area (Å²) in [5, 5.41) is 8.97. The molecule has 0 aromatic heterocycles. The summed E-state index contributed by atoms with van der Waals surface area (Å²) in [6, 6.07) is -0.171. The number of rotatable bonds is 4. The van der Waals surface area contributed by atoms with Crippen molar-refractivity contribution in [2.75, 3.05) is 26.2 Å². The van der Waals surface area contributed by atoms with Crippen LogP contribution in [0.25, 0.3) is 0 Å². The van der Waals surface area contributed by atoms with E-state index in [1.807, 2.05) is 13.8 Å². The Morgan fingerprint density at radius 1 is 1.38 bits per heavy atom. The average molecular weight is 296 g/mol. The molecular weight excluding hydrogens is 268 g/mol. The molecule has 0 atom stereocenters. The van der Waals surface area contributed by atoms with Crippen LogP contribution in [0.15, 0.2) is 11.6 Å². The summed E-state index contributed by atoms with van der Waals surface area (Å²) in [7, 11) is 0. The lowest BCUT2D eigenvalue weighted by Crippen LogP contribution is -2.48. The van der Waals surface area contributed by atoms with Crippen LogP contribution in [-0.4, -0.2) is 53.1 Å². The highest BCUT2D eigenvalue weighted by molar-refractivity contribution is 5.80. The van der Waals surface area contributed by atoms with Crippen molar-refractivity contribution in [1.29, 1.82) is 0 Å². The van der Waals surface area contributed by atoms with E-state index in [-0.39, 0.29) is 23.9 Å². The maximum absolute atomic E-state index is 12.5. The highest BCUT2D eigenvalue weighted by atomic mass is 16.4.